The van der Waals surface area contributed by atoms with E-state index in [9.17, 15) is 19.7 Å². The molecule has 7 rings (SSSR count). The molecule has 3 amide bonds. The van der Waals surface area contributed by atoms with Gasteiger partial charge in [-0.25, -0.2) is 4.79 Å². The van der Waals surface area contributed by atoms with Crippen LogP contribution in [0.1, 0.15) is 23.6 Å². The number of methoxy groups -OCH3 is 1. The molecular weight excluding hydrogens is 588 g/mol. The minimum atomic E-state index is -0.994. The molecule has 0 aliphatic carbocycles. The van der Waals surface area contributed by atoms with E-state index in [4.69, 9.17) is 9.47 Å². The van der Waals surface area contributed by atoms with Gasteiger partial charge in [0.2, 0.25) is 0 Å². The number of rotatable bonds is 9. The number of carbonyl (C=O) groups is 2. The molecule has 1 spiro atoms. The molecule has 12 heteroatoms. The number of benzene rings is 3. The van der Waals surface area contributed by atoms with E-state index in [1.165, 1.54) is 12.0 Å². The number of ether oxygens (including phenoxy) is 2. The van der Waals surface area contributed by atoms with Crippen molar-refractivity contribution >= 4 is 34.1 Å². The van der Waals surface area contributed by atoms with E-state index in [-0.39, 0.29) is 35.3 Å². The molecule has 4 aliphatic heterocycles. The first-order valence-corrected chi connectivity index (χ1v) is 15.9. The van der Waals surface area contributed by atoms with Gasteiger partial charge in [-0.1, -0.05) is 36.4 Å². The van der Waals surface area contributed by atoms with Gasteiger partial charge in [0.15, 0.2) is 5.75 Å². The van der Waals surface area contributed by atoms with E-state index in [0.29, 0.717) is 52.4 Å². The summed E-state index contributed by atoms with van der Waals surface area (Å²) in [6.45, 7) is 5.21. The van der Waals surface area contributed by atoms with Gasteiger partial charge in [-0.2, -0.15) is 0 Å². The minimum absolute atomic E-state index is 0.0807. The van der Waals surface area contributed by atoms with Gasteiger partial charge in [0, 0.05) is 83.0 Å². The summed E-state index contributed by atoms with van der Waals surface area (Å²) in [6.07, 6.45) is 0.666. The van der Waals surface area contributed by atoms with Crippen molar-refractivity contribution in [3.8, 4) is 5.75 Å². The highest BCUT2D eigenvalue weighted by Crippen LogP contribution is 2.56. The van der Waals surface area contributed by atoms with Gasteiger partial charge < -0.3 is 19.3 Å². The van der Waals surface area contributed by atoms with Crippen molar-refractivity contribution in [1.29, 1.82) is 0 Å². The summed E-state index contributed by atoms with van der Waals surface area (Å²) in [5, 5.41) is 13.9. The molecule has 0 radical (unpaired) electrons. The highest BCUT2D eigenvalue weighted by Gasteiger charge is 2.70. The maximum atomic E-state index is 14.6. The first kappa shape index (κ1) is 30.4. The highest BCUT2D eigenvalue weighted by atomic mass is 16.6. The Morgan fingerprint density at radius 2 is 1.78 bits per heavy atom. The number of nitro groups is 1. The third-order valence-corrected chi connectivity index (χ3v) is 10.3. The van der Waals surface area contributed by atoms with Crippen molar-refractivity contribution in [3.05, 3.63) is 75.8 Å². The predicted octanol–water partition coefficient (Wildman–Crippen LogP) is 3.73. The van der Waals surface area contributed by atoms with E-state index in [2.05, 4.69) is 39.0 Å². The second kappa shape index (κ2) is 11.8. The van der Waals surface area contributed by atoms with Crippen molar-refractivity contribution in [1.82, 2.24) is 19.6 Å². The van der Waals surface area contributed by atoms with E-state index in [1.54, 1.807) is 12.1 Å². The van der Waals surface area contributed by atoms with Crippen LogP contribution in [0.15, 0.2) is 54.6 Å². The van der Waals surface area contributed by atoms with Crippen molar-refractivity contribution < 1.29 is 24.0 Å². The lowest BCUT2D eigenvalue weighted by atomic mass is 9.87. The van der Waals surface area contributed by atoms with Crippen LogP contribution in [-0.2, 0) is 16.1 Å². The Labute approximate surface area is 268 Å². The van der Waals surface area contributed by atoms with Gasteiger partial charge in [-0.15, -0.1) is 0 Å². The van der Waals surface area contributed by atoms with Crippen LogP contribution in [0.3, 0.4) is 0 Å². The van der Waals surface area contributed by atoms with Crippen LogP contribution >= 0.6 is 0 Å². The van der Waals surface area contributed by atoms with Gasteiger partial charge in [0.05, 0.1) is 31.3 Å². The maximum Gasteiger partial charge on any atom is 0.328 e. The number of amides is 3. The molecule has 12 nitrogen and oxygen atoms in total. The van der Waals surface area contributed by atoms with Gasteiger partial charge >= 0.3 is 11.7 Å². The molecule has 242 valence electrons. The number of urea groups is 1. The monoisotopic (exact) mass is 628 g/mol. The number of likely N-dealkylation sites (tertiary alicyclic amines) is 1. The normalized spacial score (nSPS) is 24.9. The van der Waals surface area contributed by atoms with Crippen molar-refractivity contribution in [2.24, 2.45) is 5.92 Å². The average molecular weight is 629 g/mol. The summed E-state index contributed by atoms with van der Waals surface area (Å²) >= 11 is 0. The lowest BCUT2D eigenvalue weighted by Crippen LogP contribution is -2.51. The first-order valence-electron chi connectivity index (χ1n) is 15.9. The number of morpholine rings is 1. The number of imide groups is 1. The molecule has 0 N–H and O–H groups in total. The Balaban J connectivity index is 1.23. The summed E-state index contributed by atoms with van der Waals surface area (Å²) in [4.78, 5) is 50.1. The number of carbonyl (C=O) groups excluding carboxylic acids is 2. The second-order valence-electron chi connectivity index (χ2n) is 13.0. The van der Waals surface area contributed by atoms with Gasteiger partial charge in [0.25, 0.3) is 5.91 Å². The van der Waals surface area contributed by atoms with Crippen LogP contribution < -0.4 is 9.64 Å². The SMILES string of the molecule is COc1ccc(CN2C[C@H]3CC(c4ccc(N(C)C)c5ccccc45)N4C(=O)N(CCN5CCOCC5)C(=O)[C@@]34C2)cc1[N+](=O)[O-]. The molecule has 0 aromatic heterocycles. The van der Waals surface area contributed by atoms with Crippen molar-refractivity contribution in [2.75, 3.05) is 78.6 Å². The topological polar surface area (TPSA) is 112 Å². The molecule has 4 aliphatic rings. The number of hydrogen-bond acceptors (Lipinski definition) is 9. The lowest BCUT2D eigenvalue weighted by molar-refractivity contribution is -0.385. The summed E-state index contributed by atoms with van der Waals surface area (Å²) in [7, 11) is 5.47. The quantitative estimate of drug-likeness (QED) is 0.199. The summed E-state index contributed by atoms with van der Waals surface area (Å²) in [6, 6.07) is 17.0. The van der Waals surface area contributed by atoms with Crippen LogP contribution in [0.5, 0.6) is 5.75 Å². The molecule has 0 saturated carbocycles. The zero-order chi connectivity index (χ0) is 32.2. The standard InChI is InChI=1S/C34H40N6O6/c1-35(2)28-10-9-27(25-6-4-5-7-26(25)28)29-19-24-21-37(20-23-8-11-31(45-3)30(18-23)40(43)44)22-34(24)32(41)38(33(42)39(29)34)13-12-36-14-16-46-17-15-36/h4-11,18,24,29H,12-17,19-22H2,1-3H3/t24-,29?,34-/m1/s1. The molecular formula is C34H40N6O6. The number of hydrogen-bond donors (Lipinski definition) is 0. The zero-order valence-electron chi connectivity index (χ0n) is 26.6. The van der Waals surface area contributed by atoms with Crippen LogP contribution in [-0.4, -0.2) is 116 Å². The third kappa shape index (κ3) is 4.86. The Bertz CT molecular complexity index is 1690. The van der Waals surface area contributed by atoms with Crippen molar-refractivity contribution in [3.63, 3.8) is 0 Å². The number of nitrogens with zero attached hydrogens (tertiary/aromatic N) is 6. The van der Waals surface area contributed by atoms with E-state index < -0.39 is 10.5 Å². The molecule has 46 heavy (non-hydrogen) atoms. The lowest BCUT2D eigenvalue weighted by Gasteiger charge is -2.32. The number of fused-ring (bicyclic) bond motifs is 1. The fourth-order valence-electron chi connectivity index (χ4n) is 8.16. The Morgan fingerprint density at radius 1 is 1.02 bits per heavy atom. The van der Waals surface area contributed by atoms with Crippen LogP contribution in [0.2, 0.25) is 0 Å². The van der Waals surface area contributed by atoms with Gasteiger partial charge in [-0.05, 0) is 35.1 Å². The Hall–Kier alpha value is -4.26. The van der Waals surface area contributed by atoms with Crippen LogP contribution in [0.4, 0.5) is 16.2 Å². The molecule has 4 saturated heterocycles. The molecule has 3 aromatic carbocycles. The molecule has 3 aromatic rings. The smallest absolute Gasteiger partial charge is 0.328 e. The Morgan fingerprint density at radius 3 is 2.50 bits per heavy atom. The van der Waals surface area contributed by atoms with E-state index in [0.717, 1.165) is 40.7 Å². The second-order valence-corrected chi connectivity index (χ2v) is 13.0. The summed E-state index contributed by atoms with van der Waals surface area (Å²) < 4.78 is 10.7. The predicted molar refractivity (Wildman–Crippen MR) is 173 cm³/mol. The van der Waals surface area contributed by atoms with Gasteiger partial charge in [0.1, 0.15) is 5.54 Å². The summed E-state index contributed by atoms with van der Waals surface area (Å²) in [5.41, 5.74) is 1.84. The average Bonchev–Trinajstić information content (AvgIpc) is 3.63. The van der Waals surface area contributed by atoms with E-state index >= 15 is 0 Å². The molecule has 0 bridgehead atoms. The number of anilines is 1. The van der Waals surface area contributed by atoms with Crippen LogP contribution in [0.25, 0.3) is 10.8 Å². The van der Waals surface area contributed by atoms with Gasteiger partial charge in [-0.3, -0.25) is 29.6 Å². The maximum absolute atomic E-state index is 14.6. The number of nitro benzene ring substituents is 1. The fourth-order valence-corrected chi connectivity index (χ4v) is 8.16. The largest absolute Gasteiger partial charge is 0.490 e. The van der Waals surface area contributed by atoms with Crippen LogP contribution in [0, 0.1) is 16.0 Å². The fraction of sp³-hybridized carbons (Fsp3) is 0.471. The van der Waals surface area contributed by atoms with E-state index in [1.807, 2.05) is 37.2 Å². The summed E-state index contributed by atoms with van der Waals surface area (Å²) in [5.74, 6) is -0.00168. The molecule has 1 unspecified atom stereocenters. The Kier molecular flexibility index (Phi) is 7.82. The first-order chi connectivity index (χ1) is 22.2. The molecule has 3 atom stereocenters. The highest BCUT2D eigenvalue weighted by molar-refractivity contribution is 6.09. The minimum Gasteiger partial charge on any atom is -0.490 e. The molecule has 4 heterocycles. The molecule has 4 fully saturated rings. The van der Waals surface area contributed by atoms with Crippen molar-refractivity contribution in [2.45, 2.75) is 24.5 Å². The third-order valence-electron chi connectivity index (χ3n) is 10.3. The zero-order valence-corrected chi connectivity index (χ0v) is 26.6.